The van der Waals surface area contributed by atoms with E-state index in [0.29, 0.717) is 15.5 Å². The Morgan fingerprint density at radius 1 is 1.32 bits per heavy atom. The zero-order chi connectivity index (χ0) is 22.7. The minimum Gasteiger partial charge on any atom is -0.370 e. The molecule has 1 aromatic carbocycles. The van der Waals surface area contributed by atoms with Crippen LogP contribution in [0, 0.1) is 0 Å². The summed E-state index contributed by atoms with van der Waals surface area (Å²) in [5.41, 5.74) is 4.63. The predicted molar refractivity (Wildman–Crippen MR) is 101 cm³/mol. The van der Waals surface area contributed by atoms with Crippen molar-refractivity contribution >= 4 is 33.7 Å². The van der Waals surface area contributed by atoms with Crippen molar-refractivity contribution in [2.75, 3.05) is 6.54 Å². The van der Waals surface area contributed by atoms with Crippen LogP contribution < -0.4 is 5.73 Å². The number of hydroxylamine groups is 2. The van der Waals surface area contributed by atoms with E-state index >= 15 is 0 Å². The number of fused-ring (bicyclic) bond motifs is 4. The predicted octanol–water partition coefficient (Wildman–Crippen LogP) is 2.88. The second-order valence-corrected chi connectivity index (χ2v) is 9.03. The van der Waals surface area contributed by atoms with E-state index < -0.39 is 46.2 Å². The summed E-state index contributed by atoms with van der Waals surface area (Å²) < 4.78 is 76.3. The molecule has 3 amide bonds. The van der Waals surface area contributed by atoms with Gasteiger partial charge in [0.2, 0.25) is 5.91 Å². The molecule has 2 aliphatic rings. The van der Waals surface area contributed by atoms with Crippen LogP contribution in [-0.4, -0.2) is 41.4 Å². The molecule has 2 atom stereocenters. The van der Waals surface area contributed by atoms with Gasteiger partial charge >= 0.3 is 22.6 Å². The van der Waals surface area contributed by atoms with E-state index in [1.807, 2.05) is 0 Å². The zero-order valence-electron chi connectivity index (χ0n) is 15.4. The molecule has 0 aliphatic carbocycles. The van der Waals surface area contributed by atoms with Crippen molar-refractivity contribution in [2.45, 2.75) is 24.7 Å². The number of nitrogens with zero attached hydrogens (tertiary/aromatic N) is 2. The molecule has 9 nitrogen and oxygen atoms in total. The summed E-state index contributed by atoms with van der Waals surface area (Å²) in [5.74, 6) is -0.762. The summed E-state index contributed by atoms with van der Waals surface area (Å²) in [4.78, 5) is 25.9. The van der Waals surface area contributed by atoms with E-state index in [9.17, 15) is 31.2 Å². The van der Waals surface area contributed by atoms with Crippen LogP contribution in [-0.2, 0) is 25.7 Å². The van der Waals surface area contributed by atoms with Gasteiger partial charge < -0.3 is 10.6 Å². The fraction of sp³-hybridized carbons (Fsp3) is 0.294. The van der Waals surface area contributed by atoms with Crippen molar-refractivity contribution in [1.29, 1.82) is 0 Å². The summed E-state index contributed by atoms with van der Waals surface area (Å²) in [7, 11) is -5.05. The molecule has 0 unspecified atom stereocenters. The summed E-state index contributed by atoms with van der Waals surface area (Å²) in [5, 5.41) is 0.432. The van der Waals surface area contributed by atoms with Crippen LogP contribution in [0.1, 0.15) is 34.5 Å². The number of primary amides is 1. The molecule has 0 spiro atoms. The van der Waals surface area contributed by atoms with Gasteiger partial charge in [-0.1, -0.05) is 18.2 Å². The molecular weight excluding hydrogens is 463 g/mol. The van der Waals surface area contributed by atoms with Crippen molar-refractivity contribution in [2.24, 2.45) is 5.73 Å². The molecule has 3 heterocycles. The lowest BCUT2D eigenvalue weighted by molar-refractivity contribution is -0.137. The largest absolute Gasteiger partial charge is 0.418 e. The minimum absolute atomic E-state index is 0.101. The Morgan fingerprint density at radius 2 is 2.00 bits per heavy atom. The Morgan fingerprint density at radius 3 is 2.61 bits per heavy atom. The van der Waals surface area contributed by atoms with Crippen molar-refractivity contribution in [3.05, 3.63) is 46.3 Å². The Kier molecular flexibility index (Phi) is 4.99. The number of halogens is 3. The SMILES string of the molecule is NC(=O)C[C@@H]1c2sc(-c3ccccc3C(F)(F)F)cc2[C@H]2CN1C(=O)N2OS(=O)(=O)O. The normalized spacial score (nSPS) is 20.8. The van der Waals surface area contributed by atoms with E-state index in [2.05, 4.69) is 4.28 Å². The molecule has 0 saturated carbocycles. The Balaban J connectivity index is 1.86. The monoisotopic (exact) mass is 477 g/mol. The standard InChI is InChI=1S/C17H14F3N3O6S2/c18-17(19,20)10-4-2-1-3-8(10)13-5-9-12-7-22(11(6-14(21)24)15(9)30-13)16(25)23(12)29-31(26,27)28/h1-5,11-12H,6-7H2,(H2,21,24)(H,26,27,28)/t11-,12-/m1/s1. The number of alkyl halides is 3. The number of hydrogen-bond acceptors (Lipinski definition) is 6. The van der Waals surface area contributed by atoms with Crippen LogP contribution in [0.5, 0.6) is 0 Å². The van der Waals surface area contributed by atoms with Crippen LogP contribution in [0.15, 0.2) is 30.3 Å². The number of amides is 3. The van der Waals surface area contributed by atoms with Gasteiger partial charge in [0, 0.05) is 15.3 Å². The van der Waals surface area contributed by atoms with Crippen LogP contribution in [0.2, 0.25) is 0 Å². The highest BCUT2D eigenvalue weighted by molar-refractivity contribution is 7.80. The lowest BCUT2D eigenvalue weighted by Gasteiger charge is -2.29. The molecular formula is C17H14F3N3O6S2. The Bertz CT molecular complexity index is 1180. The highest BCUT2D eigenvalue weighted by atomic mass is 32.3. The van der Waals surface area contributed by atoms with Crippen LogP contribution in [0.3, 0.4) is 0 Å². The van der Waals surface area contributed by atoms with Gasteiger partial charge in [-0.05, 0) is 17.7 Å². The zero-order valence-corrected chi connectivity index (χ0v) is 17.0. The highest BCUT2D eigenvalue weighted by Crippen LogP contribution is 2.51. The number of carbonyl (C=O) groups is 2. The maximum Gasteiger partial charge on any atom is 0.418 e. The van der Waals surface area contributed by atoms with Gasteiger partial charge in [-0.2, -0.15) is 26.7 Å². The van der Waals surface area contributed by atoms with Gasteiger partial charge in [0.05, 0.1) is 24.6 Å². The topological polar surface area (TPSA) is 130 Å². The fourth-order valence-electron chi connectivity index (χ4n) is 3.82. The average molecular weight is 477 g/mol. The van der Waals surface area contributed by atoms with Gasteiger partial charge in [-0.3, -0.25) is 9.35 Å². The first-order chi connectivity index (χ1) is 14.4. The first kappa shape index (κ1) is 21.5. The minimum atomic E-state index is -5.05. The van der Waals surface area contributed by atoms with E-state index in [0.717, 1.165) is 22.3 Å². The van der Waals surface area contributed by atoms with Crippen LogP contribution in [0.25, 0.3) is 10.4 Å². The first-order valence-corrected chi connectivity index (χ1v) is 10.9. The third kappa shape index (κ3) is 3.86. The first-order valence-electron chi connectivity index (χ1n) is 8.72. The molecule has 2 bridgehead atoms. The molecule has 4 rings (SSSR count). The average Bonchev–Trinajstić information content (AvgIpc) is 3.20. The van der Waals surface area contributed by atoms with Crippen LogP contribution >= 0.6 is 11.3 Å². The van der Waals surface area contributed by atoms with Crippen molar-refractivity contribution < 1.29 is 40.0 Å². The van der Waals surface area contributed by atoms with Crippen molar-refractivity contribution in [3.63, 3.8) is 0 Å². The maximum atomic E-state index is 13.5. The molecule has 3 N–H and O–H groups in total. The number of thiophene rings is 1. The molecule has 31 heavy (non-hydrogen) atoms. The molecule has 1 fully saturated rings. The molecule has 2 aromatic rings. The van der Waals surface area contributed by atoms with Gasteiger partial charge in [-0.15, -0.1) is 15.6 Å². The molecule has 1 saturated heterocycles. The van der Waals surface area contributed by atoms with Crippen molar-refractivity contribution in [1.82, 2.24) is 9.96 Å². The fourth-order valence-corrected chi connectivity index (χ4v) is 5.56. The molecule has 0 radical (unpaired) electrons. The second kappa shape index (κ2) is 7.19. The second-order valence-electron chi connectivity index (χ2n) is 6.94. The number of nitrogens with two attached hydrogens (primary N) is 1. The number of urea groups is 1. The smallest absolute Gasteiger partial charge is 0.370 e. The number of hydrogen-bond donors (Lipinski definition) is 2. The maximum absolute atomic E-state index is 13.5. The quantitative estimate of drug-likeness (QED) is 0.637. The molecule has 14 heteroatoms. The number of benzene rings is 1. The molecule has 166 valence electrons. The van der Waals surface area contributed by atoms with E-state index in [4.69, 9.17) is 10.3 Å². The van der Waals surface area contributed by atoms with E-state index in [-0.39, 0.29) is 23.4 Å². The lowest BCUT2D eigenvalue weighted by atomic mass is 9.96. The summed E-state index contributed by atoms with van der Waals surface area (Å²) in [6.45, 7) is -0.101. The Hall–Kier alpha value is -2.68. The third-order valence-corrected chi connectivity index (χ3v) is 6.62. The molecule has 1 aromatic heterocycles. The van der Waals surface area contributed by atoms with Gasteiger partial charge in [0.25, 0.3) is 0 Å². The van der Waals surface area contributed by atoms with E-state index in [1.54, 1.807) is 0 Å². The summed E-state index contributed by atoms with van der Waals surface area (Å²) in [6.07, 6.45) is -4.95. The lowest BCUT2D eigenvalue weighted by Crippen LogP contribution is -2.36. The van der Waals surface area contributed by atoms with Gasteiger partial charge in [0.15, 0.2) is 0 Å². The Labute approximate surface area is 177 Å². The number of carbonyl (C=O) groups excluding carboxylic acids is 2. The number of rotatable bonds is 5. The third-order valence-electron chi connectivity index (χ3n) is 4.98. The van der Waals surface area contributed by atoms with Crippen LogP contribution in [0.4, 0.5) is 18.0 Å². The van der Waals surface area contributed by atoms with Crippen molar-refractivity contribution in [3.8, 4) is 10.4 Å². The molecule has 2 aliphatic heterocycles. The van der Waals surface area contributed by atoms with Gasteiger partial charge in [-0.25, -0.2) is 4.79 Å². The summed E-state index contributed by atoms with van der Waals surface area (Å²) >= 11 is 0.943. The van der Waals surface area contributed by atoms with Gasteiger partial charge in [0.1, 0.15) is 6.04 Å². The highest BCUT2D eigenvalue weighted by Gasteiger charge is 2.51. The summed E-state index contributed by atoms with van der Waals surface area (Å²) in [6, 6.07) is 3.47. The van der Waals surface area contributed by atoms with E-state index in [1.165, 1.54) is 24.3 Å².